The van der Waals surface area contributed by atoms with Gasteiger partial charge in [-0.1, -0.05) is 54.5 Å². The molecule has 0 amide bonds. The van der Waals surface area contributed by atoms with Crippen LogP contribution in [0.25, 0.3) is 10.4 Å². The van der Waals surface area contributed by atoms with Gasteiger partial charge >= 0.3 is 0 Å². The Morgan fingerprint density at radius 3 is 2.82 bits per heavy atom. The van der Waals surface area contributed by atoms with Crippen molar-refractivity contribution in [3.05, 3.63) is 81.3 Å². The summed E-state index contributed by atoms with van der Waals surface area (Å²) in [7, 11) is 0. The third kappa shape index (κ3) is 5.07. The van der Waals surface area contributed by atoms with Gasteiger partial charge in [0, 0.05) is 40.2 Å². The number of imidazole rings is 1. The molecular weight excluding hydrogens is 392 g/mol. The molecule has 0 saturated heterocycles. The number of halogens is 1. The first kappa shape index (κ1) is 20.3. The number of rotatable bonds is 8. The summed E-state index contributed by atoms with van der Waals surface area (Å²) in [4.78, 5) is 13.1. The highest BCUT2D eigenvalue weighted by molar-refractivity contribution is 7.99. The Kier molecular flexibility index (Phi) is 6.98. The molecule has 6 nitrogen and oxygen atoms in total. The fourth-order valence-corrected chi connectivity index (χ4v) is 4.33. The van der Waals surface area contributed by atoms with E-state index in [0.717, 1.165) is 27.0 Å². The van der Waals surface area contributed by atoms with Crippen molar-refractivity contribution in [2.24, 2.45) is 5.11 Å². The van der Waals surface area contributed by atoms with E-state index in [1.807, 2.05) is 42.6 Å². The van der Waals surface area contributed by atoms with Crippen LogP contribution in [0.1, 0.15) is 36.8 Å². The molecule has 0 unspecified atom stereocenters. The van der Waals surface area contributed by atoms with Crippen molar-refractivity contribution in [2.45, 2.75) is 42.7 Å². The highest BCUT2D eigenvalue weighted by Crippen LogP contribution is 2.36. The highest BCUT2D eigenvalue weighted by Gasteiger charge is 2.20. The van der Waals surface area contributed by atoms with Crippen LogP contribution in [0.15, 0.2) is 63.8 Å². The van der Waals surface area contributed by atoms with Gasteiger partial charge in [0.25, 0.3) is 0 Å². The van der Waals surface area contributed by atoms with Crippen molar-refractivity contribution in [3.63, 3.8) is 0 Å². The van der Waals surface area contributed by atoms with Crippen molar-refractivity contribution >= 4 is 23.4 Å². The predicted octanol–water partition coefficient (Wildman–Crippen LogP) is 6.11. The van der Waals surface area contributed by atoms with Crippen molar-refractivity contribution in [1.82, 2.24) is 14.5 Å². The molecule has 144 valence electrons. The molecule has 0 aliphatic rings. The van der Waals surface area contributed by atoms with Crippen molar-refractivity contribution in [2.75, 3.05) is 6.54 Å². The lowest BCUT2D eigenvalue weighted by Gasteiger charge is -2.13. The van der Waals surface area contributed by atoms with Crippen LogP contribution in [0.5, 0.6) is 0 Å². The minimum atomic E-state index is 0.259. The molecule has 0 spiro atoms. The van der Waals surface area contributed by atoms with Crippen LogP contribution in [0.3, 0.4) is 0 Å². The molecule has 0 aliphatic heterocycles. The Morgan fingerprint density at radius 2 is 2.14 bits per heavy atom. The van der Waals surface area contributed by atoms with E-state index in [1.165, 1.54) is 0 Å². The van der Waals surface area contributed by atoms with Gasteiger partial charge in [-0.15, -0.1) is 0 Å². The molecule has 2 heterocycles. The van der Waals surface area contributed by atoms with Crippen molar-refractivity contribution in [3.8, 4) is 0 Å². The second-order valence-corrected chi connectivity index (χ2v) is 8.08. The largest absolute Gasteiger partial charge is 0.318 e. The number of benzene rings is 1. The Labute approximate surface area is 173 Å². The number of pyridine rings is 1. The van der Waals surface area contributed by atoms with Crippen molar-refractivity contribution in [1.29, 1.82) is 0 Å². The van der Waals surface area contributed by atoms with Gasteiger partial charge in [0.2, 0.25) is 0 Å². The third-order valence-corrected chi connectivity index (χ3v) is 5.49. The fraction of sp³-hybridized carbons (Fsp3) is 0.300. The van der Waals surface area contributed by atoms with Gasteiger partial charge in [-0.2, -0.15) is 0 Å². The number of nitrogens with zero attached hydrogens (tertiary/aromatic N) is 6. The lowest BCUT2D eigenvalue weighted by atomic mass is 10.1. The molecule has 0 saturated carbocycles. The van der Waals surface area contributed by atoms with E-state index in [-0.39, 0.29) is 5.92 Å². The molecule has 2 aromatic heterocycles. The summed E-state index contributed by atoms with van der Waals surface area (Å²) >= 11 is 7.84. The fourth-order valence-electron chi connectivity index (χ4n) is 2.85. The second kappa shape index (κ2) is 9.64. The average molecular weight is 413 g/mol. The SMILES string of the molecule is CC(C)c1nc(CCN=[N+]=[N-])n(Cc2cccnc2)c1Sc1cccc(Cl)c1. The maximum Gasteiger partial charge on any atom is 0.110 e. The monoisotopic (exact) mass is 412 g/mol. The first-order valence-electron chi connectivity index (χ1n) is 9.01. The summed E-state index contributed by atoms with van der Waals surface area (Å²) < 4.78 is 2.20. The van der Waals surface area contributed by atoms with E-state index in [9.17, 15) is 0 Å². The van der Waals surface area contributed by atoms with Crippen LogP contribution in [0.2, 0.25) is 5.02 Å². The lowest BCUT2D eigenvalue weighted by Crippen LogP contribution is -2.08. The standard InChI is InChI=1S/C20H21ClN6S/c1-14(2)19-20(28-17-7-3-6-16(21)11-17)27(13-15-5-4-9-23-12-15)18(25-19)8-10-24-26-22/h3-7,9,11-12,14H,8,10,13H2,1-2H3. The quantitative estimate of drug-likeness (QED) is 0.254. The molecule has 0 fully saturated rings. The van der Waals surface area contributed by atoms with E-state index in [1.54, 1.807) is 18.0 Å². The van der Waals surface area contributed by atoms with Crippen molar-refractivity contribution < 1.29 is 0 Å². The minimum absolute atomic E-state index is 0.259. The molecule has 0 atom stereocenters. The number of azide groups is 1. The summed E-state index contributed by atoms with van der Waals surface area (Å²) in [5.74, 6) is 1.17. The molecule has 8 heteroatoms. The Bertz CT molecular complexity index is 980. The van der Waals surface area contributed by atoms with Gasteiger partial charge < -0.3 is 4.57 Å². The van der Waals surface area contributed by atoms with E-state index in [4.69, 9.17) is 22.1 Å². The predicted molar refractivity (Wildman–Crippen MR) is 113 cm³/mol. The molecule has 0 N–H and O–H groups in total. The first-order valence-corrected chi connectivity index (χ1v) is 10.2. The van der Waals surface area contributed by atoms with E-state index in [0.29, 0.717) is 24.5 Å². The average Bonchev–Trinajstić information content (AvgIpc) is 3.01. The van der Waals surface area contributed by atoms with Gasteiger partial charge in [-0.3, -0.25) is 4.98 Å². The lowest BCUT2D eigenvalue weighted by molar-refractivity contribution is 0.662. The third-order valence-electron chi connectivity index (χ3n) is 4.14. The summed E-state index contributed by atoms with van der Waals surface area (Å²) in [5.41, 5.74) is 10.7. The number of hydrogen-bond acceptors (Lipinski definition) is 4. The van der Waals surface area contributed by atoms with Gasteiger partial charge in [-0.05, 0) is 41.3 Å². The smallest absolute Gasteiger partial charge is 0.110 e. The second-order valence-electron chi connectivity index (χ2n) is 6.58. The first-order chi connectivity index (χ1) is 13.6. The Balaban J connectivity index is 2.05. The van der Waals surface area contributed by atoms with Gasteiger partial charge in [0.15, 0.2) is 0 Å². The number of hydrogen-bond donors (Lipinski definition) is 0. The molecule has 3 rings (SSSR count). The van der Waals surface area contributed by atoms with Crippen LogP contribution < -0.4 is 0 Å². The summed E-state index contributed by atoms with van der Waals surface area (Å²) in [5, 5.41) is 5.47. The Hall–Kier alpha value is -2.47. The Morgan fingerprint density at radius 1 is 1.29 bits per heavy atom. The molecule has 28 heavy (non-hydrogen) atoms. The van der Waals surface area contributed by atoms with Gasteiger partial charge in [0.1, 0.15) is 10.9 Å². The van der Waals surface area contributed by atoms with Crippen LogP contribution in [-0.4, -0.2) is 21.1 Å². The zero-order valence-corrected chi connectivity index (χ0v) is 17.4. The molecule has 0 radical (unpaired) electrons. The zero-order valence-electron chi connectivity index (χ0n) is 15.8. The summed E-state index contributed by atoms with van der Waals surface area (Å²) in [6, 6.07) is 11.8. The maximum atomic E-state index is 8.62. The van der Waals surface area contributed by atoms with E-state index in [2.05, 4.69) is 33.4 Å². The molecule has 0 bridgehead atoms. The topological polar surface area (TPSA) is 79.5 Å². The van der Waals surface area contributed by atoms with Crippen LogP contribution in [-0.2, 0) is 13.0 Å². The maximum absolute atomic E-state index is 8.62. The van der Waals surface area contributed by atoms with Crippen LogP contribution >= 0.6 is 23.4 Å². The minimum Gasteiger partial charge on any atom is -0.318 e. The van der Waals surface area contributed by atoms with E-state index >= 15 is 0 Å². The zero-order chi connectivity index (χ0) is 19.9. The summed E-state index contributed by atoms with van der Waals surface area (Å²) in [6.07, 6.45) is 4.21. The van der Waals surface area contributed by atoms with E-state index < -0.39 is 0 Å². The molecule has 1 aromatic carbocycles. The highest BCUT2D eigenvalue weighted by atomic mass is 35.5. The van der Waals surface area contributed by atoms with Crippen LogP contribution in [0, 0.1) is 0 Å². The molecular formula is C20H21ClN6S. The molecule has 3 aromatic rings. The number of aromatic nitrogens is 3. The summed E-state index contributed by atoms with van der Waals surface area (Å²) in [6.45, 7) is 5.30. The van der Waals surface area contributed by atoms with Gasteiger partial charge in [-0.25, -0.2) is 4.98 Å². The normalized spacial score (nSPS) is 10.9. The molecule has 0 aliphatic carbocycles. The van der Waals surface area contributed by atoms with Crippen LogP contribution in [0.4, 0.5) is 0 Å². The van der Waals surface area contributed by atoms with Gasteiger partial charge in [0.05, 0.1) is 12.2 Å².